The zero-order valence-electron chi connectivity index (χ0n) is 16.3. The Balaban J connectivity index is 1.42. The summed E-state index contributed by atoms with van der Waals surface area (Å²) in [6, 6.07) is 10.3. The predicted octanol–water partition coefficient (Wildman–Crippen LogP) is 2.58. The molecule has 0 spiro atoms. The summed E-state index contributed by atoms with van der Waals surface area (Å²) in [6.07, 6.45) is 4.19. The largest absolute Gasteiger partial charge is 0.326 e. The molecule has 31 heavy (non-hydrogen) atoms. The lowest BCUT2D eigenvalue weighted by atomic mass is 10.2. The molecule has 2 amide bonds. The maximum Gasteiger partial charge on any atom is 0.264 e. The smallest absolute Gasteiger partial charge is 0.264 e. The third-order valence-corrected chi connectivity index (χ3v) is 6.97. The number of rotatable bonds is 6. The van der Waals surface area contributed by atoms with Crippen molar-refractivity contribution in [1.29, 1.82) is 0 Å². The maximum atomic E-state index is 12.8. The first-order valence-electron chi connectivity index (χ1n) is 9.49. The van der Waals surface area contributed by atoms with Crippen molar-refractivity contribution in [1.82, 2.24) is 14.9 Å². The molecule has 1 saturated heterocycles. The van der Waals surface area contributed by atoms with Gasteiger partial charge in [0.1, 0.15) is 6.04 Å². The van der Waals surface area contributed by atoms with Gasteiger partial charge in [-0.3, -0.25) is 9.59 Å². The van der Waals surface area contributed by atoms with Gasteiger partial charge in [0.05, 0.1) is 9.77 Å². The number of carbonyl (C=O) groups is 2. The second-order valence-corrected chi connectivity index (χ2v) is 9.46. The van der Waals surface area contributed by atoms with Crippen LogP contribution in [0.5, 0.6) is 0 Å². The van der Waals surface area contributed by atoms with Crippen LogP contribution in [0.3, 0.4) is 0 Å². The summed E-state index contributed by atoms with van der Waals surface area (Å²) in [5.74, 6) is -0.478. The molecule has 0 saturated carbocycles. The van der Waals surface area contributed by atoms with E-state index in [4.69, 9.17) is 0 Å². The van der Waals surface area contributed by atoms with Crippen molar-refractivity contribution < 1.29 is 18.0 Å². The van der Waals surface area contributed by atoms with Crippen molar-refractivity contribution in [3.8, 4) is 0 Å². The van der Waals surface area contributed by atoms with Crippen LogP contribution in [0.2, 0.25) is 0 Å². The first-order chi connectivity index (χ1) is 14.9. The van der Waals surface area contributed by atoms with Gasteiger partial charge in [-0.1, -0.05) is 6.07 Å². The molecule has 1 fully saturated rings. The topological polar surface area (TPSA) is 121 Å². The molecule has 0 unspecified atom stereocenters. The van der Waals surface area contributed by atoms with E-state index in [-0.39, 0.29) is 22.7 Å². The lowest BCUT2D eigenvalue weighted by Gasteiger charge is -2.23. The number of sulfonamides is 1. The molecule has 0 radical (unpaired) electrons. The van der Waals surface area contributed by atoms with Gasteiger partial charge in [-0.05, 0) is 54.6 Å². The third-order valence-electron chi connectivity index (χ3n) is 4.77. The lowest BCUT2D eigenvalue weighted by molar-refractivity contribution is -0.119. The van der Waals surface area contributed by atoms with E-state index in [1.807, 2.05) is 5.38 Å². The van der Waals surface area contributed by atoms with Crippen molar-refractivity contribution in [3.05, 3.63) is 65.1 Å². The van der Waals surface area contributed by atoms with Crippen molar-refractivity contribution in [3.63, 3.8) is 0 Å². The standard InChI is InChI=1S/C20H19N5O4S2/c26-18(16-4-1-12-25(16)19(27)17-5-2-13-30-17)23-14-6-8-15(9-7-14)31(28,29)24-20-21-10-3-11-22-20/h2-3,5-11,13,16H,1,4,12H2,(H,23,26)(H,21,22,24)/t16-/m0/s1. The summed E-state index contributed by atoms with van der Waals surface area (Å²) in [7, 11) is -3.86. The molecule has 3 heterocycles. The van der Waals surface area contributed by atoms with Gasteiger partial charge < -0.3 is 10.2 Å². The third kappa shape index (κ3) is 4.72. The fourth-order valence-corrected chi connectivity index (χ4v) is 4.94. The number of nitrogens with zero attached hydrogens (tertiary/aromatic N) is 3. The molecule has 11 heteroatoms. The molecule has 2 aromatic heterocycles. The zero-order valence-corrected chi connectivity index (χ0v) is 17.9. The maximum absolute atomic E-state index is 12.8. The zero-order chi connectivity index (χ0) is 21.8. The highest BCUT2D eigenvalue weighted by Gasteiger charge is 2.35. The number of anilines is 2. The Bertz CT molecular complexity index is 1170. The molecule has 1 aromatic carbocycles. The van der Waals surface area contributed by atoms with Gasteiger partial charge in [0.25, 0.3) is 15.9 Å². The average Bonchev–Trinajstić information content (AvgIpc) is 3.46. The fraction of sp³-hybridized carbons (Fsp3) is 0.200. The first kappa shape index (κ1) is 20.9. The first-order valence-corrected chi connectivity index (χ1v) is 11.9. The number of amides is 2. The minimum atomic E-state index is -3.86. The number of hydrogen-bond donors (Lipinski definition) is 2. The molecule has 9 nitrogen and oxygen atoms in total. The predicted molar refractivity (Wildman–Crippen MR) is 116 cm³/mol. The van der Waals surface area contributed by atoms with Crippen LogP contribution < -0.4 is 10.0 Å². The number of likely N-dealkylation sites (tertiary alicyclic amines) is 1. The van der Waals surface area contributed by atoms with Gasteiger partial charge in [-0.15, -0.1) is 11.3 Å². The number of hydrogen-bond acceptors (Lipinski definition) is 7. The van der Waals surface area contributed by atoms with Crippen molar-refractivity contribution in [2.24, 2.45) is 0 Å². The highest BCUT2D eigenvalue weighted by Crippen LogP contribution is 2.24. The van der Waals surface area contributed by atoms with E-state index in [0.717, 1.165) is 6.42 Å². The van der Waals surface area contributed by atoms with Crippen LogP contribution in [-0.4, -0.2) is 47.7 Å². The summed E-state index contributed by atoms with van der Waals surface area (Å²) in [6.45, 7) is 0.527. The molecule has 3 aromatic rings. The van der Waals surface area contributed by atoms with Gasteiger partial charge in [-0.2, -0.15) is 0 Å². The van der Waals surface area contributed by atoms with Crippen LogP contribution in [0.1, 0.15) is 22.5 Å². The Morgan fingerprint density at radius 2 is 1.81 bits per heavy atom. The molecule has 4 rings (SSSR count). The highest BCUT2D eigenvalue weighted by atomic mass is 32.2. The monoisotopic (exact) mass is 457 g/mol. The van der Waals surface area contributed by atoms with E-state index in [0.29, 0.717) is 23.5 Å². The van der Waals surface area contributed by atoms with Crippen molar-refractivity contribution in [2.45, 2.75) is 23.8 Å². The molecule has 0 bridgehead atoms. The molecular weight excluding hydrogens is 438 g/mol. The van der Waals surface area contributed by atoms with Crippen molar-refractivity contribution in [2.75, 3.05) is 16.6 Å². The number of carbonyl (C=O) groups excluding carboxylic acids is 2. The van der Waals surface area contributed by atoms with E-state index >= 15 is 0 Å². The normalized spacial score (nSPS) is 16.1. The Hall–Kier alpha value is -3.31. The average molecular weight is 458 g/mol. The molecule has 160 valence electrons. The molecule has 1 atom stereocenters. The Morgan fingerprint density at radius 1 is 1.06 bits per heavy atom. The second kappa shape index (κ2) is 8.82. The van der Waals surface area contributed by atoms with E-state index in [1.165, 1.54) is 48.0 Å². The molecule has 0 aliphatic carbocycles. The quantitative estimate of drug-likeness (QED) is 0.587. The minimum Gasteiger partial charge on any atom is -0.326 e. The highest BCUT2D eigenvalue weighted by molar-refractivity contribution is 7.92. The van der Waals surface area contributed by atoms with Crippen LogP contribution in [0.15, 0.2) is 65.1 Å². The van der Waals surface area contributed by atoms with Crippen molar-refractivity contribution >= 4 is 44.8 Å². The van der Waals surface area contributed by atoms with Crippen LogP contribution in [0.4, 0.5) is 11.6 Å². The van der Waals surface area contributed by atoms with Crippen LogP contribution in [0.25, 0.3) is 0 Å². The van der Waals surface area contributed by atoms with Gasteiger partial charge in [-0.25, -0.2) is 23.1 Å². The van der Waals surface area contributed by atoms with Crippen LogP contribution >= 0.6 is 11.3 Å². The molecule has 1 aliphatic rings. The summed E-state index contributed by atoms with van der Waals surface area (Å²) < 4.78 is 27.2. The Labute approximate surface area is 183 Å². The van der Waals surface area contributed by atoms with Crippen LogP contribution in [0, 0.1) is 0 Å². The number of aromatic nitrogens is 2. The second-order valence-electron chi connectivity index (χ2n) is 6.83. The van der Waals surface area contributed by atoms with E-state index in [9.17, 15) is 18.0 Å². The van der Waals surface area contributed by atoms with Crippen LogP contribution in [-0.2, 0) is 14.8 Å². The molecular formula is C20H19N5O4S2. The van der Waals surface area contributed by atoms with Gasteiger partial charge in [0.15, 0.2) is 0 Å². The number of nitrogens with one attached hydrogen (secondary N) is 2. The van der Waals surface area contributed by atoms with Gasteiger partial charge >= 0.3 is 0 Å². The summed E-state index contributed by atoms with van der Waals surface area (Å²) in [4.78, 5) is 35.3. The Kier molecular flexibility index (Phi) is 5.96. The Morgan fingerprint density at radius 3 is 2.48 bits per heavy atom. The summed E-state index contributed by atoms with van der Waals surface area (Å²) in [5.41, 5.74) is 0.440. The number of thiophene rings is 1. The number of benzene rings is 1. The fourth-order valence-electron chi connectivity index (χ4n) is 3.30. The summed E-state index contributed by atoms with van der Waals surface area (Å²) in [5, 5.41) is 4.60. The molecule has 2 N–H and O–H groups in total. The van der Waals surface area contributed by atoms with E-state index in [2.05, 4.69) is 20.0 Å². The van der Waals surface area contributed by atoms with Gasteiger partial charge in [0, 0.05) is 24.6 Å². The molecule has 1 aliphatic heterocycles. The minimum absolute atomic E-state index is 0.00770. The summed E-state index contributed by atoms with van der Waals surface area (Å²) >= 11 is 1.35. The lowest BCUT2D eigenvalue weighted by Crippen LogP contribution is -2.42. The SMILES string of the molecule is O=C(Nc1ccc(S(=O)(=O)Nc2ncccn2)cc1)[C@@H]1CCCN1C(=O)c1cccs1. The van der Waals surface area contributed by atoms with E-state index < -0.39 is 16.1 Å². The van der Waals surface area contributed by atoms with E-state index in [1.54, 1.807) is 23.1 Å². The van der Waals surface area contributed by atoms with Gasteiger partial charge in [0.2, 0.25) is 11.9 Å².